The van der Waals surface area contributed by atoms with Gasteiger partial charge in [-0.3, -0.25) is 9.52 Å². The molecule has 0 saturated heterocycles. The number of benzene rings is 3. The highest BCUT2D eigenvalue weighted by Gasteiger charge is 2.21. The van der Waals surface area contributed by atoms with Gasteiger partial charge in [0.05, 0.1) is 11.5 Å². The van der Waals surface area contributed by atoms with E-state index >= 15 is 0 Å². The largest absolute Gasteiger partial charge is 0.506 e. The maximum atomic E-state index is 13.4. The van der Waals surface area contributed by atoms with Crippen molar-refractivity contribution in [1.82, 2.24) is 0 Å². The maximum Gasteiger partial charge on any atom is 0.306 e. The molecule has 0 radical (unpaired) electrons. The number of sulfonamides is 1. The molecule has 0 aliphatic heterocycles. The summed E-state index contributed by atoms with van der Waals surface area (Å²) in [6.45, 7) is 0.0148. The van der Waals surface area contributed by atoms with Crippen molar-refractivity contribution in [2.45, 2.75) is 24.2 Å². The third-order valence-electron chi connectivity index (χ3n) is 4.85. The van der Waals surface area contributed by atoms with E-state index in [1.54, 1.807) is 6.07 Å². The van der Waals surface area contributed by atoms with Crippen molar-refractivity contribution in [2.24, 2.45) is 0 Å². The normalized spacial score (nSPS) is 11.3. The minimum absolute atomic E-state index is 0.0148. The Morgan fingerprint density at radius 1 is 0.800 bits per heavy atom. The van der Waals surface area contributed by atoms with Gasteiger partial charge < -0.3 is 25.2 Å². The van der Waals surface area contributed by atoms with Crippen molar-refractivity contribution in [3.8, 4) is 23.0 Å². The summed E-state index contributed by atoms with van der Waals surface area (Å²) in [5.74, 6) is -4.71. The molecule has 0 aliphatic rings. The lowest BCUT2D eigenvalue weighted by molar-refractivity contribution is -0.143. The summed E-state index contributed by atoms with van der Waals surface area (Å²) in [5, 5.41) is 39.1. The Hall–Kier alpha value is -4.06. The summed E-state index contributed by atoms with van der Waals surface area (Å²) in [5.41, 5.74) is 0.334. The van der Waals surface area contributed by atoms with Crippen LogP contribution in [0.4, 0.5) is 14.5 Å². The van der Waals surface area contributed by atoms with Gasteiger partial charge in [-0.05, 0) is 53.9 Å². The lowest BCUT2D eigenvalue weighted by Crippen LogP contribution is -2.14. The van der Waals surface area contributed by atoms with Crippen LogP contribution in [-0.4, -0.2) is 41.4 Å². The summed E-state index contributed by atoms with van der Waals surface area (Å²) in [6, 6.07) is 8.10. The number of aromatic hydroxyl groups is 4. The van der Waals surface area contributed by atoms with Crippen molar-refractivity contribution in [3.63, 3.8) is 0 Å². The van der Waals surface area contributed by atoms with E-state index in [0.29, 0.717) is 35.7 Å². The summed E-state index contributed by atoms with van der Waals surface area (Å²) >= 11 is 0. The lowest BCUT2D eigenvalue weighted by Gasteiger charge is -2.13. The fourth-order valence-electron chi connectivity index (χ4n) is 3.12. The Labute approximate surface area is 198 Å². The van der Waals surface area contributed by atoms with E-state index in [4.69, 9.17) is 4.74 Å². The minimum Gasteiger partial charge on any atom is -0.506 e. The highest BCUT2D eigenvalue weighted by atomic mass is 32.2. The molecule has 3 rings (SSSR count). The van der Waals surface area contributed by atoms with E-state index in [1.807, 2.05) is 4.72 Å². The molecular weight excluding hydrogens is 488 g/mol. The Kier molecular flexibility index (Phi) is 7.65. The number of ether oxygens (including phenoxy) is 1. The molecule has 0 fully saturated rings. The quantitative estimate of drug-likeness (QED) is 0.218. The molecule has 186 valence electrons. The number of hydrogen-bond donors (Lipinski definition) is 5. The second-order valence-electron chi connectivity index (χ2n) is 7.51. The molecule has 0 bridgehead atoms. The number of phenols is 4. The maximum absolute atomic E-state index is 13.4. The minimum atomic E-state index is -4.53. The van der Waals surface area contributed by atoms with Crippen LogP contribution in [0.3, 0.4) is 0 Å². The SMILES string of the molecule is O=C(CCc1cc(O)c(NS(=O)(=O)c2cc(F)cc(F)c2)c(O)c1)OCCc1ccc(O)c(O)c1. The van der Waals surface area contributed by atoms with Gasteiger partial charge in [0.25, 0.3) is 10.0 Å². The number of hydrogen-bond acceptors (Lipinski definition) is 8. The highest BCUT2D eigenvalue weighted by Crippen LogP contribution is 2.36. The average molecular weight is 509 g/mol. The first-order valence-electron chi connectivity index (χ1n) is 10.1. The molecule has 35 heavy (non-hydrogen) atoms. The van der Waals surface area contributed by atoms with Crippen molar-refractivity contribution in [1.29, 1.82) is 0 Å². The fraction of sp³-hybridized carbons (Fsp3) is 0.174. The zero-order valence-electron chi connectivity index (χ0n) is 18.0. The molecule has 0 atom stereocenters. The highest BCUT2D eigenvalue weighted by molar-refractivity contribution is 7.92. The topological polar surface area (TPSA) is 153 Å². The van der Waals surface area contributed by atoms with Crippen LogP contribution in [-0.2, 0) is 32.4 Å². The first-order valence-corrected chi connectivity index (χ1v) is 11.6. The number of esters is 1. The molecule has 0 saturated carbocycles. The molecule has 0 amide bonds. The first kappa shape index (κ1) is 25.6. The zero-order chi connectivity index (χ0) is 25.8. The summed E-state index contributed by atoms with van der Waals surface area (Å²) < 4.78 is 58.5. The summed E-state index contributed by atoms with van der Waals surface area (Å²) in [6.07, 6.45) is 0.223. The van der Waals surface area contributed by atoms with E-state index in [9.17, 15) is 42.4 Å². The van der Waals surface area contributed by atoms with Crippen LogP contribution in [0.25, 0.3) is 0 Å². The van der Waals surface area contributed by atoms with Crippen molar-refractivity contribution in [3.05, 3.63) is 71.3 Å². The van der Waals surface area contributed by atoms with Crippen molar-refractivity contribution >= 4 is 21.7 Å². The van der Waals surface area contributed by atoms with Crippen LogP contribution in [0, 0.1) is 11.6 Å². The average Bonchev–Trinajstić information content (AvgIpc) is 2.76. The molecule has 5 N–H and O–H groups in total. The second-order valence-corrected chi connectivity index (χ2v) is 9.20. The molecule has 0 unspecified atom stereocenters. The fourth-order valence-corrected chi connectivity index (χ4v) is 4.25. The van der Waals surface area contributed by atoms with Crippen LogP contribution < -0.4 is 4.72 Å². The number of phenolic OH excluding ortho intramolecular Hbond substituents is 4. The van der Waals surface area contributed by atoms with E-state index in [0.717, 1.165) is 12.1 Å². The molecule has 3 aromatic rings. The Balaban J connectivity index is 1.59. The van der Waals surface area contributed by atoms with Crippen LogP contribution in [0.1, 0.15) is 17.5 Å². The van der Waals surface area contributed by atoms with Gasteiger partial charge in [-0.2, -0.15) is 0 Å². The first-order chi connectivity index (χ1) is 16.4. The van der Waals surface area contributed by atoms with Crippen LogP contribution in [0.5, 0.6) is 23.0 Å². The molecule has 3 aromatic carbocycles. The third kappa shape index (κ3) is 6.73. The van der Waals surface area contributed by atoms with E-state index < -0.39 is 49.7 Å². The van der Waals surface area contributed by atoms with Gasteiger partial charge >= 0.3 is 5.97 Å². The predicted molar refractivity (Wildman–Crippen MR) is 120 cm³/mol. The third-order valence-corrected chi connectivity index (χ3v) is 6.18. The summed E-state index contributed by atoms with van der Waals surface area (Å²) in [4.78, 5) is 11.2. The second kappa shape index (κ2) is 10.5. The number of carbonyl (C=O) groups excluding carboxylic acids is 1. The Morgan fingerprint density at radius 3 is 2.00 bits per heavy atom. The summed E-state index contributed by atoms with van der Waals surface area (Å²) in [7, 11) is -4.53. The number of nitrogens with one attached hydrogen (secondary N) is 1. The van der Waals surface area contributed by atoms with E-state index in [2.05, 4.69) is 0 Å². The van der Waals surface area contributed by atoms with E-state index in [1.165, 1.54) is 12.1 Å². The molecule has 0 heterocycles. The molecular formula is C23H21F2NO8S. The number of anilines is 1. The molecule has 0 spiro atoms. The van der Waals surface area contributed by atoms with Gasteiger partial charge in [0.2, 0.25) is 0 Å². The van der Waals surface area contributed by atoms with Crippen LogP contribution in [0.15, 0.2) is 53.4 Å². The predicted octanol–water partition coefficient (Wildman–Crippen LogP) is 3.31. The smallest absolute Gasteiger partial charge is 0.306 e. The van der Waals surface area contributed by atoms with Crippen molar-refractivity contribution < 1.29 is 47.2 Å². The molecule has 0 aromatic heterocycles. The monoisotopic (exact) mass is 509 g/mol. The van der Waals surface area contributed by atoms with Gasteiger partial charge in [-0.1, -0.05) is 6.07 Å². The van der Waals surface area contributed by atoms with Crippen molar-refractivity contribution in [2.75, 3.05) is 11.3 Å². The van der Waals surface area contributed by atoms with Crippen LogP contribution in [0.2, 0.25) is 0 Å². The van der Waals surface area contributed by atoms with Gasteiger partial charge in [0, 0.05) is 18.9 Å². The number of carbonyl (C=O) groups is 1. The zero-order valence-corrected chi connectivity index (χ0v) is 18.8. The van der Waals surface area contributed by atoms with Gasteiger partial charge in [-0.15, -0.1) is 0 Å². The van der Waals surface area contributed by atoms with Gasteiger partial charge in [0.1, 0.15) is 28.8 Å². The van der Waals surface area contributed by atoms with Crippen LogP contribution >= 0.6 is 0 Å². The Bertz CT molecular complexity index is 1320. The Morgan fingerprint density at radius 2 is 1.40 bits per heavy atom. The number of aryl methyl sites for hydroxylation is 1. The van der Waals surface area contributed by atoms with Gasteiger partial charge in [0.15, 0.2) is 11.5 Å². The van der Waals surface area contributed by atoms with E-state index in [-0.39, 0.29) is 30.9 Å². The van der Waals surface area contributed by atoms with Gasteiger partial charge in [-0.25, -0.2) is 17.2 Å². The standard InChI is InChI=1S/C23H21F2NO8S/c24-15-10-16(25)12-17(11-15)35(32,33)26-23-20(29)8-14(9-21(23)30)2-4-22(31)34-6-5-13-1-3-18(27)19(28)7-13/h1,3,7-12,26-30H,2,4-6H2. The molecule has 12 heteroatoms. The molecule has 9 nitrogen and oxygen atoms in total. The lowest BCUT2D eigenvalue weighted by atomic mass is 10.1. The number of rotatable bonds is 9. The number of halogens is 2. The molecule has 0 aliphatic carbocycles.